The average Bonchev–Trinajstić information content (AvgIpc) is 3.07. The monoisotopic (exact) mass is 645 g/mol. The van der Waals surface area contributed by atoms with Crippen molar-refractivity contribution in [2.24, 2.45) is 0 Å². The molecule has 12 heteroatoms. The molecule has 2 heterocycles. The molecule has 0 aliphatic carbocycles. The number of amides is 1. The van der Waals surface area contributed by atoms with Crippen molar-refractivity contribution in [1.29, 1.82) is 0 Å². The quantitative estimate of drug-likeness (QED) is 0.218. The number of ether oxygens (including phenoxy) is 3. The molecule has 230 valence electrons. The van der Waals surface area contributed by atoms with Crippen molar-refractivity contribution < 1.29 is 32.2 Å². The highest BCUT2D eigenvalue weighted by molar-refractivity contribution is 7.89. The summed E-state index contributed by atoms with van der Waals surface area (Å²) in [6.45, 7) is 0.426. The van der Waals surface area contributed by atoms with E-state index in [0.717, 1.165) is 22.1 Å². The normalized spacial score (nSPS) is 13.9. The number of hydrogen-bond donors (Lipinski definition) is 1. The van der Waals surface area contributed by atoms with Crippen LogP contribution in [0.5, 0.6) is 5.75 Å². The molecule has 1 fully saturated rings. The van der Waals surface area contributed by atoms with E-state index in [1.165, 1.54) is 22.5 Å². The van der Waals surface area contributed by atoms with Crippen LogP contribution in [-0.4, -0.2) is 69.6 Å². The molecule has 1 aromatic heterocycles. The van der Waals surface area contributed by atoms with Crippen molar-refractivity contribution in [1.82, 2.24) is 9.29 Å². The van der Waals surface area contributed by atoms with Gasteiger partial charge in [-0.1, -0.05) is 48.0 Å². The summed E-state index contributed by atoms with van der Waals surface area (Å²) in [6.07, 6.45) is 0. The molecule has 45 heavy (non-hydrogen) atoms. The van der Waals surface area contributed by atoms with Crippen molar-refractivity contribution in [3.8, 4) is 17.0 Å². The number of pyridine rings is 1. The Morgan fingerprint density at radius 3 is 2.51 bits per heavy atom. The standard InChI is InChI=1S/C33H28ClN3O7S/c1-42-24-9-8-21-16-23(7-6-22(21)17-24)30-19-27(26-4-2-3-5-29(26)35-30)33(39)44-20-32(38)36-31-18-25(10-11-28(31)34)45(40,41)37-12-14-43-15-13-37/h2-11,16-19H,12-15,20H2,1H3,(H,36,38). The van der Waals surface area contributed by atoms with Gasteiger partial charge >= 0.3 is 5.97 Å². The second-order valence-corrected chi connectivity index (χ2v) is 12.6. The molecule has 1 N–H and O–H groups in total. The van der Waals surface area contributed by atoms with Crippen LogP contribution < -0.4 is 10.1 Å². The molecule has 0 atom stereocenters. The average molecular weight is 646 g/mol. The van der Waals surface area contributed by atoms with Crippen molar-refractivity contribution in [2.45, 2.75) is 4.90 Å². The second-order valence-electron chi connectivity index (χ2n) is 10.3. The highest BCUT2D eigenvalue weighted by atomic mass is 35.5. The number of methoxy groups -OCH3 is 1. The van der Waals surface area contributed by atoms with Crippen molar-refractivity contribution >= 4 is 60.9 Å². The summed E-state index contributed by atoms with van der Waals surface area (Å²) in [5, 5.41) is 5.23. The molecule has 0 bridgehead atoms. The smallest absolute Gasteiger partial charge is 0.339 e. The minimum atomic E-state index is -3.82. The number of nitrogens with one attached hydrogen (secondary N) is 1. The van der Waals surface area contributed by atoms with Crippen LogP contribution in [0.25, 0.3) is 32.9 Å². The molecule has 0 unspecified atom stereocenters. The van der Waals surface area contributed by atoms with E-state index < -0.39 is 28.5 Å². The number of nitrogens with zero attached hydrogens (tertiary/aromatic N) is 2. The molecule has 1 saturated heterocycles. The zero-order chi connectivity index (χ0) is 31.6. The Kier molecular flexibility index (Phi) is 8.68. The topological polar surface area (TPSA) is 124 Å². The fraction of sp³-hybridized carbons (Fsp3) is 0.182. The van der Waals surface area contributed by atoms with Crippen LogP contribution in [-0.2, 0) is 24.3 Å². The zero-order valence-corrected chi connectivity index (χ0v) is 25.7. The summed E-state index contributed by atoms with van der Waals surface area (Å²) >= 11 is 6.26. The predicted octanol–water partition coefficient (Wildman–Crippen LogP) is 5.53. The summed E-state index contributed by atoms with van der Waals surface area (Å²) in [4.78, 5) is 30.9. The van der Waals surface area contributed by atoms with Gasteiger partial charge in [-0.2, -0.15) is 4.31 Å². The molecule has 4 aromatic carbocycles. The van der Waals surface area contributed by atoms with E-state index in [1.54, 1.807) is 31.4 Å². The number of aromatic nitrogens is 1. The Balaban J connectivity index is 1.21. The predicted molar refractivity (Wildman–Crippen MR) is 171 cm³/mol. The summed E-state index contributed by atoms with van der Waals surface area (Å²) in [5.74, 6) is -0.652. The lowest BCUT2D eigenvalue weighted by atomic mass is 10.0. The number of anilines is 1. The van der Waals surface area contributed by atoms with Gasteiger partial charge in [-0.05, 0) is 59.3 Å². The summed E-state index contributed by atoms with van der Waals surface area (Å²) in [6, 6.07) is 24.5. The van der Waals surface area contributed by atoms with E-state index >= 15 is 0 Å². The molecule has 10 nitrogen and oxygen atoms in total. The second kappa shape index (κ2) is 12.8. The lowest BCUT2D eigenvalue weighted by Crippen LogP contribution is -2.40. The summed E-state index contributed by atoms with van der Waals surface area (Å²) < 4.78 is 43.4. The van der Waals surface area contributed by atoms with E-state index in [9.17, 15) is 18.0 Å². The Labute approximate surface area is 264 Å². The third-order valence-electron chi connectivity index (χ3n) is 7.43. The van der Waals surface area contributed by atoms with Crippen LogP contribution >= 0.6 is 11.6 Å². The Morgan fingerprint density at radius 2 is 1.71 bits per heavy atom. The number of carbonyl (C=O) groups is 2. The van der Waals surface area contributed by atoms with E-state index in [1.807, 2.05) is 42.5 Å². The lowest BCUT2D eigenvalue weighted by Gasteiger charge is -2.26. The number of hydrogen-bond acceptors (Lipinski definition) is 8. The van der Waals surface area contributed by atoms with Gasteiger partial charge in [0, 0.05) is 24.0 Å². The molecule has 1 aliphatic rings. The number of halogens is 1. The van der Waals surface area contributed by atoms with Gasteiger partial charge in [0.1, 0.15) is 5.75 Å². The number of esters is 1. The molecule has 6 rings (SSSR count). The fourth-order valence-corrected chi connectivity index (χ4v) is 6.69. The highest BCUT2D eigenvalue weighted by Crippen LogP contribution is 2.30. The number of para-hydroxylation sites is 1. The van der Waals surface area contributed by atoms with Gasteiger partial charge in [0.05, 0.1) is 52.7 Å². The number of carbonyl (C=O) groups excluding carboxylic acids is 2. The van der Waals surface area contributed by atoms with Crippen LogP contribution in [0.1, 0.15) is 10.4 Å². The molecular weight excluding hydrogens is 618 g/mol. The first-order valence-corrected chi connectivity index (χ1v) is 15.9. The third kappa shape index (κ3) is 6.47. The number of fused-ring (bicyclic) bond motifs is 2. The van der Waals surface area contributed by atoms with Crippen molar-refractivity contribution in [2.75, 3.05) is 45.3 Å². The van der Waals surface area contributed by atoms with E-state index in [2.05, 4.69) is 5.32 Å². The SMILES string of the molecule is COc1ccc2cc(-c3cc(C(=O)OCC(=O)Nc4cc(S(=O)(=O)N5CCOCC5)ccc4Cl)c4ccccc4n3)ccc2c1. The first-order chi connectivity index (χ1) is 21.7. The van der Waals surface area contributed by atoms with Crippen LogP contribution in [0.4, 0.5) is 5.69 Å². The van der Waals surface area contributed by atoms with Gasteiger partial charge in [-0.15, -0.1) is 0 Å². The van der Waals surface area contributed by atoms with E-state index in [4.69, 9.17) is 30.8 Å². The van der Waals surface area contributed by atoms with Gasteiger partial charge in [0.2, 0.25) is 10.0 Å². The zero-order valence-electron chi connectivity index (χ0n) is 24.2. The van der Waals surface area contributed by atoms with Crippen LogP contribution in [0.2, 0.25) is 5.02 Å². The van der Waals surface area contributed by atoms with Crippen LogP contribution in [0, 0.1) is 0 Å². The fourth-order valence-electron chi connectivity index (χ4n) is 5.09. The maximum absolute atomic E-state index is 13.3. The maximum Gasteiger partial charge on any atom is 0.339 e. The molecule has 0 radical (unpaired) electrons. The number of rotatable bonds is 8. The first-order valence-electron chi connectivity index (χ1n) is 14.1. The van der Waals surface area contributed by atoms with Gasteiger partial charge in [-0.3, -0.25) is 4.79 Å². The van der Waals surface area contributed by atoms with E-state index in [-0.39, 0.29) is 34.3 Å². The van der Waals surface area contributed by atoms with Gasteiger partial charge in [-0.25, -0.2) is 18.2 Å². The van der Waals surface area contributed by atoms with Crippen LogP contribution in [0.15, 0.2) is 89.8 Å². The summed E-state index contributed by atoms with van der Waals surface area (Å²) in [7, 11) is -2.20. The minimum absolute atomic E-state index is 0.0234. The van der Waals surface area contributed by atoms with Gasteiger partial charge in [0.25, 0.3) is 5.91 Å². The van der Waals surface area contributed by atoms with Gasteiger partial charge in [0.15, 0.2) is 6.61 Å². The Morgan fingerprint density at radius 1 is 0.956 bits per heavy atom. The van der Waals surface area contributed by atoms with Crippen molar-refractivity contribution in [3.63, 3.8) is 0 Å². The Bertz CT molecular complexity index is 2050. The maximum atomic E-state index is 13.3. The highest BCUT2D eigenvalue weighted by Gasteiger charge is 2.27. The number of benzene rings is 4. The Hall–Kier alpha value is -4.55. The van der Waals surface area contributed by atoms with E-state index in [0.29, 0.717) is 29.8 Å². The number of sulfonamides is 1. The first kappa shape index (κ1) is 30.5. The van der Waals surface area contributed by atoms with Gasteiger partial charge < -0.3 is 19.5 Å². The van der Waals surface area contributed by atoms with Crippen molar-refractivity contribution in [3.05, 3.63) is 95.5 Å². The lowest BCUT2D eigenvalue weighted by molar-refractivity contribution is -0.119. The molecule has 1 amide bonds. The molecule has 1 aliphatic heterocycles. The summed E-state index contributed by atoms with van der Waals surface area (Å²) in [5.41, 5.74) is 2.28. The minimum Gasteiger partial charge on any atom is -0.497 e. The largest absolute Gasteiger partial charge is 0.497 e. The number of morpholine rings is 1. The molecular formula is C33H28ClN3O7S. The molecule has 5 aromatic rings. The molecule has 0 spiro atoms. The van der Waals surface area contributed by atoms with Crippen LogP contribution in [0.3, 0.4) is 0 Å². The third-order valence-corrected chi connectivity index (χ3v) is 9.66. The molecule has 0 saturated carbocycles.